The zero-order valence-electron chi connectivity index (χ0n) is 14.0. The Morgan fingerprint density at radius 1 is 1.17 bits per heavy atom. The minimum atomic E-state index is -0.382. The van der Waals surface area contributed by atoms with E-state index in [1.807, 2.05) is 36.4 Å². The number of carbonyl (C=O) groups excluding carboxylic acids is 1. The highest BCUT2D eigenvalue weighted by Crippen LogP contribution is 2.31. The third-order valence-corrected chi connectivity index (χ3v) is 3.97. The van der Waals surface area contributed by atoms with Crippen LogP contribution in [0.4, 0.5) is 0 Å². The van der Waals surface area contributed by atoms with E-state index >= 15 is 0 Å². The molecule has 0 radical (unpaired) electrons. The summed E-state index contributed by atoms with van der Waals surface area (Å²) >= 11 is 0. The summed E-state index contributed by atoms with van der Waals surface area (Å²) in [5.41, 5.74) is 4.45. The van der Waals surface area contributed by atoms with Gasteiger partial charge in [-0.3, -0.25) is 0 Å². The second kappa shape index (κ2) is 6.75. The number of hydrogen-bond donors (Lipinski definition) is 0. The highest BCUT2D eigenvalue weighted by molar-refractivity contribution is 5.87. The van der Waals surface area contributed by atoms with Crippen molar-refractivity contribution < 1.29 is 13.9 Å². The number of furan rings is 1. The Hall–Kier alpha value is -2.81. The molecule has 0 unspecified atom stereocenters. The molecule has 0 bridgehead atoms. The van der Waals surface area contributed by atoms with Gasteiger partial charge >= 0.3 is 5.97 Å². The van der Waals surface area contributed by atoms with Gasteiger partial charge in [0.05, 0.1) is 0 Å². The molecule has 0 saturated carbocycles. The van der Waals surface area contributed by atoms with Crippen LogP contribution < -0.4 is 0 Å². The van der Waals surface area contributed by atoms with Crippen LogP contribution in [0, 0.1) is 0 Å². The van der Waals surface area contributed by atoms with E-state index in [4.69, 9.17) is 9.15 Å². The van der Waals surface area contributed by atoms with Gasteiger partial charge in [0.1, 0.15) is 18.0 Å². The summed E-state index contributed by atoms with van der Waals surface area (Å²) in [6.07, 6.45) is 0.954. The standard InChI is InChI=1S/C21H20O3/c1-4-16-7-5-6-8-18(16)20-12-17-10-9-15(11-19(17)24-20)13-23-21(22)14(2)3/h5-12H,2,4,13H2,1,3H3. The number of benzene rings is 2. The molecule has 3 heteroatoms. The van der Waals surface area contributed by atoms with Crippen molar-refractivity contribution in [3.63, 3.8) is 0 Å². The molecule has 3 nitrogen and oxygen atoms in total. The number of esters is 1. The van der Waals surface area contributed by atoms with E-state index in [9.17, 15) is 4.79 Å². The van der Waals surface area contributed by atoms with Gasteiger partial charge in [-0.05, 0) is 36.6 Å². The molecule has 0 atom stereocenters. The molecule has 1 aromatic heterocycles. The van der Waals surface area contributed by atoms with E-state index < -0.39 is 0 Å². The molecule has 24 heavy (non-hydrogen) atoms. The predicted octanol–water partition coefficient (Wildman–Crippen LogP) is 5.28. The molecule has 0 amide bonds. The molecule has 0 aliphatic carbocycles. The third kappa shape index (κ3) is 3.25. The normalized spacial score (nSPS) is 10.8. The Kier molecular flexibility index (Phi) is 4.52. The summed E-state index contributed by atoms with van der Waals surface area (Å²) in [6, 6.07) is 16.1. The van der Waals surface area contributed by atoms with Crippen molar-refractivity contribution in [3.8, 4) is 11.3 Å². The van der Waals surface area contributed by atoms with Gasteiger partial charge < -0.3 is 9.15 Å². The van der Waals surface area contributed by atoms with Gasteiger partial charge in [-0.25, -0.2) is 4.79 Å². The van der Waals surface area contributed by atoms with Crippen LogP contribution in [0.5, 0.6) is 0 Å². The zero-order valence-corrected chi connectivity index (χ0v) is 14.0. The van der Waals surface area contributed by atoms with E-state index in [2.05, 4.69) is 25.6 Å². The molecule has 2 aromatic carbocycles. The van der Waals surface area contributed by atoms with Crippen LogP contribution in [0.1, 0.15) is 25.0 Å². The van der Waals surface area contributed by atoms with E-state index in [0.29, 0.717) is 5.57 Å². The summed E-state index contributed by atoms with van der Waals surface area (Å²) in [4.78, 5) is 11.5. The van der Waals surface area contributed by atoms with E-state index in [-0.39, 0.29) is 12.6 Å². The van der Waals surface area contributed by atoms with Crippen LogP contribution in [0.25, 0.3) is 22.3 Å². The lowest BCUT2D eigenvalue weighted by molar-refractivity contribution is -0.140. The van der Waals surface area contributed by atoms with E-state index in [0.717, 1.165) is 34.3 Å². The third-order valence-electron chi connectivity index (χ3n) is 3.97. The van der Waals surface area contributed by atoms with Crippen LogP contribution in [0.15, 0.2) is 65.1 Å². The maximum Gasteiger partial charge on any atom is 0.333 e. The molecule has 122 valence electrons. The van der Waals surface area contributed by atoms with Gasteiger partial charge in [0.2, 0.25) is 0 Å². The van der Waals surface area contributed by atoms with Gasteiger partial charge in [0, 0.05) is 16.5 Å². The van der Waals surface area contributed by atoms with Gasteiger partial charge in [-0.15, -0.1) is 0 Å². The van der Waals surface area contributed by atoms with Crippen LogP contribution in [0.2, 0.25) is 0 Å². The van der Waals surface area contributed by atoms with Gasteiger partial charge in [-0.2, -0.15) is 0 Å². The first-order valence-corrected chi connectivity index (χ1v) is 8.02. The van der Waals surface area contributed by atoms with Crippen molar-refractivity contribution in [1.82, 2.24) is 0 Å². The van der Waals surface area contributed by atoms with Gasteiger partial charge in [-0.1, -0.05) is 49.9 Å². The fourth-order valence-corrected chi connectivity index (χ4v) is 2.64. The molecule has 1 heterocycles. The smallest absolute Gasteiger partial charge is 0.333 e. The summed E-state index contributed by atoms with van der Waals surface area (Å²) in [6.45, 7) is 7.56. The molecule has 0 saturated heterocycles. The first-order valence-electron chi connectivity index (χ1n) is 8.02. The number of aryl methyl sites for hydroxylation is 1. The van der Waals surface area contributed by atoms with Crippen molar-refractivity contribution >= 4 is 16.9 Å². The fourth-order valence-electron chi connectivity index (χ4n) is 2.64. The SMILES string of the molecule is C=C(C)C(=O)OCc1ccc2cc(-c3ccccc3CC)oc2c1. The van der Waals surface area contributed by atoms with Crippen molar-refractivity contribution in [2.75, 3.05) is 0 Å². The largest absolute Gasteiger partial charge is 0.457 e. The zero-order chi connectivity index (χ0) is 17.1. The van der Waals surface area contributed by atoms with Crippen molar-refractivity contribution in [1.29, 1.82) is 0 Å². The quantitative estimate of drug-likeness (QED) is 0.474. The Morgan fingerprint density at radius 3 is 2.71 bits per heavy atom. The summed E-state index contributed by atoms with van der Waals surface area (Å²) < 4.78 is 11.2. The molecule has 0 fully saturated rings. The van der Waals surface area contributed by atoms with Crippen molar-refractivity contribution in [2.24, 2.45) is 0 Å². The Morgan fingerprint density at radius 2 is 1.96 bits per heavy atom. The molecule has 0 aliphatic heterocycles. The molecule has 0 N–H and O–H groups in total. The highest BCUT2D eigenvalue weighted by Gasteiger charge is 2.10. The summed E-state index contributed by atoms with van der Waals surface area (Å²) in [7, 11) is 0. The van der Waals surface area contributed by atoms with Crippen LogP contribution in [-0.2, 0) is 22.6 Å². The van der Waals surface area contributed by atoms with E-state index in [1.54, 1.807) is 6.92 Å². The van der Waals surface area contributed by atoms with Crippen molar-refractivity contribution in [3.05, 3.63) is 71.8 Å². The minimum Gasteiger partial charge on any atom is -0.457 e. The van der Waals surface area contributed by atoms with Crippen LogP contribution >= 0.6 is 0 Å². The lowest BCUT2D eigenvalue weighted by Gasteiger charge is -2.04. The average Bonchev–Trinajstić information content (AvgIpc) is 3.02. The van der Waals surface area contributed by atoms with Crippen molar-refractivity contribution in [2.45, 2.75) is 26.9 Å². The predicted molar refractivity (Wildman–Crippen MR) is 95.6 cm³/mol. The lowest BCUT2D eigenvalue weighted by atomic mass is 10.0. The van der Waals surface area contributed by atoms with Crippen LogP contribution in [-0.4, -0.2) is 5.97 Å². The fraction of sp³-hybridized carbons (Fsp3) is 0.190. The number of hydrogen-bond acceptors (Lipinski definition) is 3. The molecule has 0 aliphatic rings. The highest BCUT2D eigenvalue weighted by atomic mass is 16.5. The molecule has 3 aromatic rings. The lowest BCUT2D eigenvalue weighted by Crippen LogP contribution is -2.04. The Labute approximate surface area is 141 Å². The number of carbonyl (C=O) groups is 1. The van der Waals surface area contributed by atoms with Gasteiger partial charge in [0.25, 0.3) is 0 Å². The van der Waals surface area contributed by atoms with Gasteiger partial charge in [0.15, 0.2) is 0 Å². The number of rotatable bonds is 5. The minimum absolute atomic E-state index is 0.212. The summed E-state index contributed by atoms with van der Waals surface area (Å²) in [5, 5.41) is 1.03. The first-order chi connectivity index (χ1) is 11.6. The monoisotopic (exact) mass is 320 g/mol. The topological polar surface area (TPSA) is 39.4 Å². The second-order valence-corrected chi connectivity index (χ2v) is 5.85. The Bertz CT molecular complexity index is 902. The second-order valence-electron chi connectivity index (χ2n) is 5.85. The molecular weight excluding hydrogens is 300 g/mol. The number of ether oxygens (including phenoxy) is 1. The van der Waals surface area contributed by atoms with E-state index in [1.165, 1.54) is 5.56 Å². The molecular formula is C21H20O3. The molecule has 3 rings (SSSR count). The molecule has 0 spiro atoms. The maximum absolute atomic E-state index is 11.5. The summed E-state index contributed by atoms with van der Waals surface area (Å²) in [5.74, 6) is 0.477. The van der Waals surface area contributed by atoms with Crippen LogP contribution in [0.3, 0.4) is 0 Å². The number of fused-ring (bicyclic) bond motifs is 1. The first kappa shape index (κ1) is 16.1. The maximum atomic E-state index is 11.5. The average molecular weight is 320 g/mol. The Balaban J connectivity index is 1.89.